The number of carboxylic acids is 1. The fourth-order valence-electron chi connectivity index (χ4n) is 2.58. The molecule has 0 bridgehead atoms. The maximum absolute atomic E-state index is 12.1. The van der Waals surface area contributed by atoms with Gasteiger partial charge in [-0.15, -0.1) is 0 Å². The first-order valence-electron chi connectivity index (χ1n) is 6.92. The molecule has 1 heterocycles. The minimum Gasteiger partial charge on any atom is -0.481 e. The molecule has 5 nitrogen and oxygen atoms in total. The van der Waals surface area contributed by atoms with E-state index >= 15 is 0 Å². The number of carbonyl (C=O) groups excluding carboxylic acids is 1. The Balaban J connectivity index is 1.94. The number of likely N-dealkylation sites (tertiary alicyclic amines) is 1. The third-order valence-corrected chi connectivity index (χ3v) is 4.16. The number of hydrogen-bond donors (Lipinski definition) is 2. The van der Waals surface area contributed by atoms with E-state index in [0.717, 1.165) is 5.69 Å². The molecule has 1 saturated heterocycles. The summed E-state index contributed by atoms with van der Waals surface area (Å²) in [6.45, 7) is 2.87. The maximum atomic E-state index is 12.1. The first-order valence-corrected chi connectivity index (χ1v) is 6.92. The zero-order valence-corrected chi connectivity index (χ0v) is 11.6. The average Bonchev–Trinajstić information content (AvgIpc) is 2.48. The highest BCUT2D eigenvalue weighted by atomic mass is 16.4. The SMILES string of the molecule is CCC1(C(=O)O)CCN(C(=O)Nc2ccccc2)CC1. The van der Waals surface area contributed by atoms with Crippen molar-refractivity contribution in [3.05, 3.63) is 30.3 Å². The monoisotopic (exact) mass is 276 g/mol. The summed E-state index contributed by atoms with van der Waals surface area (Å²) in [6, 6.07) is 9.10. The lowest BCUT2D eigenvalue weighted by Gasteiger charge is -2.38. The molecule has 0 saturated carbocycles. The molecule has 1 aromatic rings. The number of hydrogen-bond acceptors (Lipinski definition) is 2. The minimum atomic E-state index is -0.747. The number of para-hydroxylation sites is 1. The predicted molar refractivity (Wildman–Crippen MR) is 76.6 cm³/mol. The van der Waals surface area contributed by atoms with Crippen molar-refractivity contribution in [1.29, 1.82) is 0 Å². The molecule has 0 aliphatic carbocycles. The standard InChI is InChI=1S/C15H20N2O3/c1-2-15(13(18)19)8-10-17(11-9-15)14(20)16-12-6-4-3-5-7-12/h3-7H,2,8-11H2,1H3,(H,16,20)(H,18,19). The fraction of sp³-hybridized carbons (Fsp3) is 0.467. The molecule has 1 aromatic carbocycles. The predicted octanol–water partition coefficient (Wildman–Crippen LogP) is 2.80. The van der Waals surface area contributed by atoms with E-state index < -0.39 is 11.4 Å². The van der Waals surface area contributed by atoms with E-state index in [9.17, 15) is 14.7 Å². The Morgan fingerprint density at radius 3 is 2.35 bits per heavy atom. The van der Waals surface area contributed by atoms with Crippen molar-refractivity contribution in [3.63, 3.8) is 0 Å². The number of anilines is 1. The van der Waals surface area contributed by atoms with Crippen molar-refractivity contribution < 1.29 is 14.7 Å². The maximum Gasteiger partial charge on any atom is 0.321 e. The molecular formula is C15H20N2O3. The van der Waals surface area contributed by atoms with E-state index in [-0.39, 0.29) is 6.03 Å². The van der Waals surface area contributed by atoms with Crippen LogP contribution in [0.5, 0.6) is 0 Å². The smallest absolute Gasteiger partial charge is 0.321 e. The zero-order valence-electron chi connectivity index (χ0n) is 11.6. The van der Waals surface area contributed by atoms with Crippen LogP contribution >= 0.6 is 0 Å². The topological polar surface area (TPSA) is 69.6 Å². The Labute approximate surface area is 118 Å². The molecule has 2 rings (SSSR count). The minimum absolute atomic E-state index is 0.161. The van der Waals surface area contributed by atoms with Gasteiger partial charge in [-0.25, -0.2) is 4.79 Å². The number of nitrogens with one attached hydrogen (secondary N) is 1. The van der Waals surface area contributed by atoms with Crippen molar-refractivity contribution in [2.24, 2.45) is 5.41 Å². The molecule has 2 N–H and O–H groups in total. The Morgan fingerprint density at radius 2 is 1.85 bits per heavy atom. The van der Waals surface area contributed by atoms with Gasteiger partial charge in [-0.3, -0.25) is 4.79 Å². The Morgan fingerprint density at radius 1 is 1.25 bits per heavy atom. The van der Waals surface area contributed by atoms with Crippen LogP contribution in [0.2, 0.25) is 0 Å². The molecule has 108 valence electrons. The number of piperidine rings is 1. The molecule has 0 radical (unpaired) electrons. The number of aliphatic carboxylic acids is 1. The quantitative estimate of drug-likeness (QED) is 0.891. The third kappa shape index (κ3) is 2.92. The van der Waals surface area contributed by atoms with Crippen LogP contribution < -0.4 is 5.32 Å². The van der Waals surface area contributed by atoms with Gasteiger partial charge in [0.15, 0.2) is 0 Å². The van der Waals surface area contributed by atoms with Crippen LogP contribution in [0.1, 0.15) is 26.2 Å². The largest absolute Gasteiger partial charge is 0.481 e. The summed E-state index contributed by atoms with van der Waals surface area (Å²) < 4.78 is 0. The highest BCUT2D eigenvalue weighted by Gasteiger charge is 2.40. The number of carboxylic acid groups (broad SMARTS) is 1. The lowest BCUT2D eigenvalue weighted by atomic mass is 9.76. The molecular weight excluding hydrogens is 256 g/mol. The van der Waals surface area contributed by atoms with E-state index in [4.69, 9.17) is 0 Å². The van der Waals surface area contributed by atoms with Gasteiger partial charge in [0.2, 0.25) is 0 Å². The number of benzene rings is 1. The van der Waals surface area contributed by atoms with Gasteiger partial charge in [0.25, 0.3) is 0 Å². The summed E-state index contributed by atoms with van der Waals surface area (Å²) in [6.07, 6.45) is 1.64. The van der Waals surface area contributed by atoms with Crippen LogP contribution in [0.3, 0.4) is 0 Å². The summed E-state index contributed by atoms with van der Waals surface area (Å²) >= 11 is 0. The Bertz CT molecular complexity index is 479. The second-order valence-electron chi connectivity index (χ2n) is 5.22. The van der Waals surface area contributed by atoms with Gasteiger partial charge in [-0.1, -0.05) is 25.1 Å². The van der Waals surface area contributed by atoms with Crippen LogP contribution in [0.4, 0.5) is 10.5 Å². The van der Waals surface area contributed by atoms with Crippen molar-refractivity contribution in [3.8, 4) is 0 Å². The Kier molecular flexibility index (Phi) is 4.27. The van der Waals surface area contributed by atoms with Gasteiger partial charge in [-0.05, 0) is 31.4 Å². The lowest BCUT2D eigenvalue weighted by molar-refractivity contribution is -0.151. The molecule has 0 aromatic heterocycles. The van der Waals surface area contributed by atoms with Gasteiger partial charge in [0.1, 0.15) is 0 Å². The number of carbonyl (C=O) groups is 2. The molecule has 1 aliphatic heterocycles. The zero-order chi connectivity index (χ0) is 14.6. The molecule has 0 spiro atoms. The molecule has 1 aliphatic rings. The van der Waals surface area contributed by atoms with E-state index in [1.54, 1.807) is 4.90 Å². The van der Waals surface area contributed by atoms with Crippen LogP contribution in [0, 0.1) is 5.41 Å². The second-order valence-corrected chi connectivity index (χ2v) is 5.22. The van der Waals surface area contributed by atoms with E-state index in [1.807, 2.05) is 37.3 Å². The van der Waals surface area contributed by atoms with Crippen LogP contribution in [0.15, 0.2) is 30.3 Å². The molecule has 20 heavy (non-hydrogen) atoms. The number of nitrogens with zero attached hydrogens (tertiary/aromatic N) is 1. The normalized spacial score (nSPS) is 17.6. The number of rotatable bonds is 3. The summed E-state index contributed by atoms with van der Waals surface area (Å²) in [5.74, 6) is -0.747. The molecule has 0 atom stereocenters. The summed E-state index contributed by atoms with van der Waals surface area (Å²) in [7, 11) is 0. The van der Waals surface area contributed by atoms with Crippen molar-refractivity contribution in [1.82, 2.24) is 4.90 Å². The first-order chi connectivity index (χ1) is 9.57. The molecule has 2 amide bonds. The summed E-state index contributed by atoms with van der Waals surface area (Å²) in [4.78, 5) is 25.1. The van der Waals surface area contributed by atoms with Crippen molar-refractivity contribution in [2.75, 3.05) is 18.4 Å². The van der Waals surface area contributed by atoms with E-state index in [1.165, 1.54) is 0 Å². The van der Waals surface area contributed by atoms with Crippen LogP contribution in [0.25, 0.3) is 0 Å². The van der Waals surface area contributed by atoms with Gasteiger partial charge >= 0.3 is 12.0 Å². The second kappa shape index (κ2) is 5.94. The summed E-state index contributed by atoms with van der Waals surface area (Å²) in [5.41, 5.74) is 0.0897. The van der Waals surface area contributed by atoms with Gasteiger partial charge in [0.05, 0.1) is 5.41 Å². The number of urea groups is 1. The molecule has 0 unspecified atom stereocenters. The van der Waals surface area contributed by atoms with Crippen molar-refractivity contribution in [2.45, 2.75) is 26.2 Å². The van der Waals surface area contributed by atoms with E-state index in [0.29, 0.717) is 32.4 Å². The Hall–Kier alpha value is -2.04. The van der Waals surface area contributed by atoms with Crippen LogP contribution in [-0.4, -0.2) is 35.1 Å². The summed E-state index contributed by atoms with van der Waals surface area (Å²) in [5, 5.41) is 12.2. The van der Waals surface area contributed by atoms with Gasteiger partial charge in [-0.2, -0.15) is 0 Å². The van der Waals surface area contributed by atoms with Crippen LogP contribution in [-0.2, 0) is 4.79 Å². The van der Waals surface area contributed by atoms with Gasteiger partial charge in [0, 0.05) is 18.8 Å². The highest BCUT2D eigenvalue weighted by molar-refractivity contribution is 5.89. The van der Waals surface area contributed by atoms with Crippen molar-refractivity contribution >= 4 is 17.7 Å². The number of amides is 2. The van der Waals surface area contributed by atoms with E-state index in [2.05, 4.69) is 5.32 Å². The molecule has 1 fully saturated rings. The highest BCUT2D eigenvalue weighted by Crippen LogP contribution is 2.35. The molecule has 5 heteroatoms. The lowest BCUT2D eigenvalue weighted by Crippen LogP contribution is -2.47. The fourth-order valence-corrected chi connectivity index (χ4v) is 2.58. The third-order valence-electron chi connectivity index (χ3n) is 4.16. The average molecular weight is 276 g/mol. The first kappa shape index (κ1) is 14.4. The van der Waals surface area contributed by atoms with Gasteiger partial charge < -0.3 is 15.3 Å².